The van der Waals surface area contributed by atoms with Crippen LogP contribution in [0.2, 0.25) is 0 Å². The van der Waals surface area contributed by atoms with E-state index < -0.39 is 22.5 Å². The van der Waals surface area contributed by atoms with Crippen molar-refractivity contribution in [2.75, 3.05) is 6.61 Å². The lowest BCUT2D eigenvalue weighted by molar-refractivity contribution is -0.172. The first-order chi connectivity index (χ1) is 8.68. The van der Waals surface area contributed by atoms with Gasteiger partial charge in [-0.3, -0.25) is 4.79 Å². The van der Waals surface area contributed by atoms with Crippen LogP contribution in [0.4, 0.5) is 0 Å². The van der Waals surface area contributed by atoms with E-state index in [1.54, 1.807) is 6.92 Å². The van der Waals surface area contributed by atoms with Crippen LogP contribution >= 0.6 is 0 Å². The number of carbonyl (C=O) groups is 1. The van der Waals surface area contributed by atoms with Crippen molar-refractivity contribution in [3.05, 3.63) is 0 Å². The zero-order valence-corrected chi connectivity index (χ0v) is 11.8. The molecule has 0 radical (unpaired) electrons. The molecular formula is C15H22O4. The van der Waals surface area contributed by atoms with Crippen molar-refractivity contribution in [2.24, 2.45) is 28.1 Å². The fourth-order valence-electron chi connectivity index (χ4n) is 5.81. The SMILES string of the molecule is CC1(C)C[C@@H]2[C@@H](O)[C@]34COC(=O)[C@@]3(C4)[C@](C)(O)[C@H]2C1. The summed E-state index contributed by atoms with van der Waals surface area (Å²) in [6.45, 7) is 6.45. The van der Waals surface area contributed by atoms with Crippen molar-refractivity contribution in [2.45, 2.75) is 51.7 Å². The van der Waals surface area contributed by atoms with E-state index >= 15 is 0 Å². The Morgan fingerprint density at radius 2 is 1.95 bits per heavy atom. The van der Waals surface area contributed by atoms with E-state index in [4.69, 9.17) is 4.74 Å². The molecular weight excluding hydrogens is 244 g/mol. The standard InChI is InChI=1S/C15H22O4/c1-12(2)4-8-9(5-12)13(3,18)15-6-14(15,10(8)16)7-19-11(15)17/h8-10,16,18H,4-7H2,1-3H3/t8-,9-,10+,13+,14-,15-/m0/s1. The van der Waals surface area contributed by atoms with Gasteiger partial charge in [-0.2, -0.15) is 0 Å². The van der Waals surface area contributed by atoms with Crippen LogP contribution in [0.25, 0.3) is 0 Å². The number of cyclic esters (lactones) is 1. The summed E-state index contributed by atoms with van der Waals surface area (Å²) in [5.41, 5.74) is -2.25. The molecule has 4 nitrogen and oxygen atoms in total. The molecule has 0 bridgehead atoms. The Morgan fingerprint density at radius 1 is 1.26 bits per heavy atom. The summed E-state index contributed by atoms with van der Waals surface area (Å²) in [6.07, 6.45) is 1.87. The van der Waals surface area contributed by atoms with Gasteiger partial charge in [0.25, 0.3) is 0 Å². The van der Waals surface area contributed by atoms with Crippen LogP contribution < -0.4 is 0 Å². The van der Waals surface area contributed by atoms with Gasteiger partial charge in [0.05, 0.1) is 17.1 Å². The van der Waals surface area contributed by atoms with Crippen LogP contribution in [-0.4, -0.2) is 34.5 Å². The van der Waals surface area contributed by atoms with Crippen molar-refractivity contribution in [1.82, 2.24) is 0 Å². The Bertz CT molecular complexity index is 483. The average Bonchev–Trinajstić information content (AvgIpc) is 2.80. The molecule has 4 rings (SSSR count). The van der Waals surface area contributed by atoms with Crippen molar-refractivity contribution in [3.63, 3.8) is 0 Å². The topological polar surface area (TPSA) is 66.8 Å². The van der Waals surface area contributed by atoms with Gasteiger partial charge in [0.2, 0.25) is 0 Å². The van der Waals surface area contributed by atoms with Crippen LogP contribution in [0.5, 0.6) is 0 Å². The number of fused-ring (bicyclic) bond motifs is 1. The minimum Gasteiger partial charge on any atom is -0.464 e. The fourth-order valence-corrected chi connectivity index (χ4v) is 5.81. The maximum Gasteiger partial charge on any atom is 0.315 e. The predicted molar refractivity (Wildman–Crippen MR) is 67.1 cm³/mol. The summed E-state index contributed by atoms with van der Waals surface area (Å²) >= 11 is 0. The number of hydrogen-bond donors (Lipinski definition) is 2. The molecule has 3 aliphatic carbocycles. The lowest BCUT2D eigenvalue weighted by atomic mass is 9.60. The van der Waals surface area contributed by atoms with Gasteiger partial charge in [-0.05, 0) is 43.4 Å². The van der Waals surface area contributed by atoms with E-state index in [-0.39, 0.29) is 29.8 Å². The third-order valence-electron chi connectivity index (χ3n) is 6.75. The summed E-state index contributed by atoms with van der Waals surface area (Å²) in [5.74, 6) is -0.200. The first-order valence-electron chi connectivity index (χ1n) is 7.26. The molecule has 1 heterocycles. The number of hydrogen-bond acceptors (Lipinski definition) is 4. The molecule has 0 spiro atoms. The molecule has 4 fully saturated rings. The summed E-state index contributed by atoms with van der Waals surface area (Å²) in [7, 11) is 0. The number of rotatable bonds is 0. The minimum absolute atomic E-state index is 0.00113. The van der Waals surface area contributed by atoms with Crippen LogP contribution in [0, 0.1) is 28.1 Å². The van der Waals surface area contributed by atoms with Crippen molar-refractivity contribution in [3.8, 4) is 0 Å². The van der Waals surface area contributed by atoms with Crippen molar-refractivity contribution < 1.29 is 19.7 Å². The van der Waals surface area contributed by atoms with Crippen LogP contribution in [0.15, 0.2) is 0 Å². The van der Waals surface area contributed by atoms with Gasteiger partial charge in [-0.25, -0.2) is 0 Å². The van der Waals surface area contributed by atoms with E-state index in [2.05, 4.69) is 13.8 Å². The lowest BCUT2D eigenvalue weighted by Crippen LogP contribution is -2.58. The van der Waals surface area contributed by atoms with Crippen LogP contribution in [0.1, 0.15) is 40.0 Å². The number of ether oxygens (including phenoxy) is 1. The van der Waals surface area contributed by atoms with Gasteiger partial charge in [0.1, 0.15) is 12.0 Å². The minimum atomic E-state index is -1.04. The van der Waals surface area contributed by atoms with E-state index in [9.17, 15) is 15.0 Å². The Kier molecular flexibility index (Phi) is 1.83. The molecule has 4 heteroatoms. The third kappa shape index (κ3) is 1.03. The van der Waals surface area contributed by atoms with Gasteiger partial charge < -0.3 is 14.9 Å². The van der Waals surface area contributed by atoms with Gasteiger partial charge >= 0.3 is 5.97 Å². The molecule has 0 amide bonds. The Hall–Kier alpha value is -0.610. The molecule has 1 aliphatic heterocycles. The summed E-state index contributed by atoms with van der Waals surface area (Å²) in [6, 6.07) is 0. The average molecular weight is 266 g/mol. The normalized spacial score (nSPS) is 61.1. The highest BCUT2D eigenvalue weighted by atomic mass is 16.5. The second-order valence-corrected chi connectivity index (χ2v) is 8.25. The van der Waals surface area contributed by atoms with Crippen LogP contribution in [0.3, 0.4) is 0 Å². The first kappa shape index (κ1) is 12.2. The molecule has 6 atom stereocenters. The zero-order valence-electron chi connectivity index (χ0n) is 11.8. The lowest BCUT2D eigenvalue weighted by Gasteiger charge is -2.47. The highest BCUT2D eigenvalue weighted by molar-refractivity contribution is 5.87. The highest BCUT2D eigenvalue weighted by Crippen LogP contribution is 2.81. The Balaban J connectivity index is 1.85. The first-order valence-corrected chi connectivity index (χ1v) is 7.26. The zero-order chi connectivity index (χ0) is 13.8. The predicted octanol–water partition coefficient (Wildman–Crippen LogP) is 1.10. The monoisotopic (exact) mass is 266 g/mol. The van der Waals surface area contributed by atoms with Crippen LogP contribution in [-0.2, 0) is 9.53 Å². The third-order valence-corrected chi connectivity index (χ3v) is 6.75. The summed E-state index contributed by atoms with van der Waals surface area (Å²) in [5, 5.41) is 21.9. The van der Waals surface area contributed by atoms with Gasteiger partial charge in [-0.1, -0.05) is 13.8 Å². The van der Waals surface area contributed by atoms with Gasteiger partial charge in [0.15, 0.2) is 0 Å². The molecule has 2 N–H and O–H groups in total. The molecule has 0 aromatic heterocycles. The molecule has 4 aliphatic rings. The summed E-state index contributed by atoms with van der Waals surface area (Å²) in [4.78, 5) is 12.2. The Morgan fingerprint density at radius 3 is 2.63 bits per heavy atom. The quantitative estimate of drug-likeness (QED) is 0.644. The number of esters is 1. The second kappa shape index (κ2) is 2.86. The molecule has 106 valence electrons. The van der Waals surface area contributed by atoms with Crippen molar-refractivity contribution in [1.29, 1.82) is 0 Å². The number of carbonyl (C=O) groups excluding carboxylic acids is 1. The molecule has 19 heavy (non-hydrogen) atoms. The van der Waals surface area contributed by atoms with Crippen molar-refractivity contribution >= 4 is 5.97 Å². The van der Waals surface area contributed by atoms with E-state index in [0.29, 0.717) is 6.42 Å². The maximum atomic E-state index is 12.2. The number of aliphatic hydroxyl groups is 2. The number of aliphatic hydroxyl groups excluding tert-OH is 1. The molecule has 0 aromatic carbocycles. The smallest absolute Gasteiger partial charge is 0.315 e. The molecule has 0 unspecified atom stereocenters. The van der Waals surface area contributed by atoms with E-state index in [0.717, 1.165) is 12.8 Å². The Labute approximate surface area is 113 Å². The maximum absolute atomic E-state index is 12.2. The van der Waals surface area contributed by atoms with Gasteiger partial charge in [0, 0.05) is 0 Å². The molecule has 0 aromatic rings. The van der Waals surface area contributed by atoms with E-state index in [1.165, 1.54) is 0 Å². The van der Waals surface area contributed by atoms with Gasteiger partial charge in [-0.15, -0.1) is 0 Å². The second-order valence-electron chi connectivity index (χ2n) is 8.25. The summed E-state index contributed by atoms with van der Waals surface area (Å²) < 4.78 is 5.21. The fraction of sp³-hybridized carbons (Fsp3) is 0.933. The van der Waals surface area contributed by atoms with E-state index in [1.807, 2.05) is 0 Å². The largest absolute Gasteiger partial charge is 0.464 e. The highest BCUT2D eigenvalue weighted by Gasteiger charge is 2.90. The molecule has 1 saturated heterocycles. The molecule has 3 saturated carbocycles.